The summed E-state index contributed by atoms with van der Waals surface area (Å²) in [6.45, 7) is 2.20. The Morgan fingerprint density at radius 2 is 2.08 bits per heavy atom. The van der Waals surface area contributed by atoms with Gasteiger partial charge in [-0.25, -0.2) is 6.08 Å². The van der Waals surface area contributed by atoms with Gasteiger partial charge in [-0.3, -0.25) is 6.08 Å². The van der Waals surface area contributed by atoms with Crippen LogP contribution in [0.25, 0.3) is 6.08 Å². The third-order valence-corrected chi connectivity index (χ3v) is 2.22. The zero-order chi connectivity index (χ0) is 7.68. The molecule has 1 unspecified atom stereocenters. The third kappa shape index (κ3) is 1.61. The molecular weight excluding hydrogens is 223 g/mol. The Labute approximate surface area is 92.8 Å². The van der Waals surface area contributed by atoms with Crippen molar-refractivity contribution in [3.8, 4) is 0 Å². The maximum absolute atomic E-state index is 3.35. The molecule has 0 heterocycles. The van der Waals surface area contributed by atoms with Crippen LogP contribution in [-0.4, -0.2) is 0 Å². The molecule has 1 heteroatoms. The van der Waals surface area contributed by atoms with Gasteiger partial charge in [0, 0.05) is 26.2 Å². The van der Waals surface area contributed by atoms with Gasteiger partial charge in [0.05, 0.1) is 0 Å². The van der Waals surface area contributed by atoms with Crippen molar-refractivity contribution in [3.63, 3.8) is 0 Å². The summed E-state index contributed by atoms with van der Waals surface area (Å²) in [5, 5.41) is 0. The Morgan fingerprint density at radius 3 is 2.83 bits per heavy atom. The van der Waals surface area contributed by atoms with Crippen LogP contribution < -0.4 is 0 Å². The Morgan fingerprint density at radius 1 is 1.33 bits per heavy atom. The fraction of sp³-hybridized carbons (Fsp3) is 0.273. The average molecular weight is 234 g/mol. The van der Waals surface area contributed by atoms with E-state index >= 15 is 0 Å². The third-order valence-electron chi connectivity index (χ3n) is 2.22. The van der Waals surface area contributed by atoms with Crippen LogP contribution in [0.4, 0.5) is 0 Å². The first-order valence-corrected chi connectivity index (χ1v) is 4.10. The Hall–Kier alpha value is -0.157. The molecule has 0 saturated heterocycles. The SMILES string of the molecule is CCC1[C-]=Cc2ccccc21.[Zr]. The summed E-state index contributed by atoms with van der Waals surface area (Å²) in [7, 11) is 0. The summed E-state index contributed by atoms with van der Waals surface area (Å²) < 4.78 is 0. The van der Waals surface area contributed by atoms with E-state index in [4.69, 9.17) is 0 Å². The molecule has 60 valence electrons. The molecule has 1 aromatic carbocycles. The fourth-order valence-corrected chi connectivity index (χ4v) is 1.58. The predicted molar refractivity (Wildman–Crippen MR) is 47.2 cm³/mol. The summed E-state index contributed by atoms with van der Waals surface area (Å²) in [4.78, 5) is 0. The molecule has 2 rings (SSSR count). The van der Waals surface area contributed by atoms with Gasteiger partial charge in [0.25, 0.3) is 0 Å². The maximum atomic E-state index is 3.35. The largest absolute Gasteiger partial charge is 0.268 e. The van der Waals surface area contributed by atoms with Crippen molar-refractivity contribution in [3.05, 3.63) is 41.5 Å². The maximum Gasteiger partial charge on any atom is 0 e. The zero-order valence-electron chi connectivity index (χ0n) is 7.17. The van der Waals surface area contributed by atoms with Crippen LogP contribution >= 0.6 is 0 Å². The van der Waals surface area contributed by atoms with Gasteiger partial charge in [-0.2, -0.15) is 5.56 Å². The zero-order valence-corrected chi connectivity index (χ0v) is 9.63. The van der Waals surface area contributed by atoms with Crippen LogP contribution in [0, 0.1) is 6.08 Å². The summed E-state index contributed by atoms with van der Waals surface area (Å²) in [6.07, 6.45) is 6.61. The minimum atomic E-state index is 0. The Kier molecular flexibility index (Phi) is 3.46. The number of hydrogen-bond donors (Lipinski definition) is 0. The monoisotopic (exact) mass is 233 g/mol. The van der Waals surface area contributed by atoms with Crippen molar-refractivity contribution in [2.24, 2.45) is 0 Å². The summed E-state index contributed by atoms with van der Waals surface area (Å²) in [6, 6.07) is 8.52. The first-order chi connectivity index (χ1) is 5.42. The standard InChI is InChI=1S/C11H11.Zr/c1-2-9-7-8-10-5-3-4-6-11(9)10;/h3-6,8-9H,2H2,1H3;/q-1;. The van der Waals surface area contributed by atoms with E-state index in [1.807, 2.05) is 0 Å². The predicted octanol–water partition coefficient (Wildman–Crippen LogP) is 3.01. The van der Waals surface area contributed by atoms with Crippen LogP contribution in [0.3, 0.4) is 0 Å². The van der Waals surface area contributed by atoms with E-state index in [0.29, 0.717) is 5.92 Å². The van der Waals surface area contributed by atoms with E-state index in [9.17, 15) is 0 Å². The topological polar surface area (TPSA) is 0 Å². The van der Waals surface area contributed by atoms with Crippen molar-refractivity contribution in [2.45, 2.75) is 19.3 Å². The smallest absolute Gasteiger partial charge is 0 e. The van der Waals surface area contributed by atoms with Gasteiger partial charge < -0.3 is 0 Å². The first-order valence-electron chi connectivity index (χ1n) is 4.10. The van der Waals surface area contributed by atoms with Crippen LogP contribution in [0.15, 0.2) is 24.3 Å². The minimum absolute atomic E-state index is 0. The molecule has 1 atom stereocenters. The van der Waals surface area contributed by atoms with E-state index in [0.717, 1.165) is 6.42 Å². The quantitative estimate of drug-likeness (QED) is 0.655. The van der Waals surface area contributed by atoms with Crippen LogP contribution in [0.5, 0.6) is 0 Å². The Bertz CT molecular complexity index is 289. The van der Waals surface area contributed by atoms with E-state index in [-0.39, 0.29) is 26.2 Å². The molecule has 1 aromatic rings. The van der Waals surface area contributed by atoms with Crippen molar-refractivity contribution < 1.29 is 26.2 Å². The minimum Gasteiger partial charge on any atom is -0.268 e. The van der Waals surface area contributed by atoms with Gasteiger partial charge in [-0.1, -0.05) is 37.5 Å². The molecule has 1 aliphatic carbocycles. The van der Waals surface area contributed by atoms with E-state index in [1.165, 1.54) is 11.1 Å². The van der Waals surface area contributed by atoms with Gasteiger partial charge in [-0.15, -0.1) is 11.6 Å². The van der Waals surface area contributed by atoms with Crippen LogP contribution in [-0.2, 0) is 26.2 Å². The van der Waals surface area contributed by atoms with E-state index in [1.54, 1.807) is 0 Å². The second-order valence-electron chi connectivity index (χ2n) is 2.90. The van der Waals surface area contributed by atoms with Crippen LogP contribution in [0.1, 0.15) is 30.4 Å². The van der Waals surface area contributed by atoms with Gasteiger partial charge in [0.1, 0.15) is 0 Å². The molecule has 0 bridgehead atoms. The molecule has 0 N–H and O–H groups in total. The molecule has 0 saturated carbocycles. The average Bonchev–Trinajstić information content (AvgIpc) is 2.47. The molecule has 0 aromatic heterocycles. The number of allylic oxidation sites excluding steroid dienone is 1. The second-order valence-corrected chi connectivity index (χ2v) is 2.90. The van der Waals surface area contributed by atoms with Crippen molar-refractivity contribution in [1.29, 1.82) is 0 Å². The van der Waals surface area contributed by atoms with E-state index in [2.05, 4.69) is 43.3 Å². The molecule has 0 radical (unpaired) electrons. The van der Waals surface area contributed by atoms with Gasteiger partial charge in [0.2, 0.25) is 0 Å². The molecule has 0 nitrogen and oxygen atoms in total. The van der Waals surface area contributed by atoms with Crippen LogP contribution in [0.2, 0.25) is 0 Å². The molecule has 0 fully saturated rings. The van der Waals surface area contributed by atoms with E-state index < -0.39 is 0 Å². The fourth-order valence-electron chi connectivity index (χ4n) is 1.58. The second kappa shape index (κ2) is 4.19. The first kappa shape index (κ1) is 9.93. The van der Waals surface area contributed by atoms with Crippen molar-refractivity contribution in [2.75, 3.05) is 0 Å². The summed E-state index contributed by atoms with van der Waals surface area (Å²) in [5.41, 5.74) is 2.79. The van der Waals surface area contributed by atoms with Gasteiger partial charge in [-0.05, 0) is 0 Å². The molecule has 0 aliphatic heterocycles. The van der Waals surface area contributed by atoms with Crippen molar-refractivity contribution in [1.82, 2.24) is 0 Å². The molecule has 12 heavy (non-hydrogen) atoms. The molecule has 0 amide bonds. The Balaban J connectivity index is 0.000000720. The molecule has 1 aliphatic rings. The van der Waals surface area contributed by atoms with Gasteiger partial charge in [0.15, 0.2) is 0 Å². The van der Waals surface area contributed by atoms with Crippen molar-refractivity contribution >= 4 is 6.08 Å². The molecule has 0 spiro atoms. The molecular formula is C11H11Zr-. The number of benzene rings is 1. The summed E-state index contributed by atoms with van der Waals surface area (Å²) >= 11 is 0. The number of fused-ring (bicyclic) bond motifs is 1. The summed E-state index contributed by atoms with van der Waals surface area (Å²) in [5.74, 6) is 0.547. The van der Waals surface area contributed by atoms with Gasteiger partial charge >= 0.3 is 0 Å². The number of hydrogen-bond acceptors (Lipinski definition) is 0. The number of rotatable bonds is 1. The normalized spacial score (nSPS) is 18.6.